The van der Waals surface area contributed by atoms with Crippen molar-refractivity contribution >= 4 is 21.5 Å². The quantitative estimate of drug-likeness (QED) is 0.130. The third kappa shape index (κ3) is 70.5. The maximum absolute atomic E-state index is 4.17. The van der Waals surface area contributed by atoms with Crippen LogP contribution in [0.15, 0.2) is 196 Å². The summed E-state index contributed by atoms with van der Waals surface area (Å²) in [5.74, 6) is 2.39. The molecule has 117 heavy (non-hydrogen) atoms. The Morgan fingerprint density at radius 3 is 0.701 bits per heavy atom. The van der Waals surface area contributed by atoms with Crippen LogP contribution in [-0.4, -0.2) is 75.0 Å². The van der Waals surface area contributed by atoms with Crippen LogP contribution in [0.25, 0.3) is 21.5 Å². The zero-order valence-corrected chi connectivity index (χ0v) is 81.7. The lowest BCUT2D eigenvalue weighted by atomic mass is 10.0. The number of aromatic nitrogens is 15. The van der Waals surface area contributed by atoms with Crippen LogP contribution < -0.4 is 0 Å². The van der Waals surface area contributed by atoms with Gasteiger partial charge in [0.25, 0.3) is 0 Å². The van der Waals surface area contributed by atoms with Crippen molar-refractivity contribution in [3.63, 3.8) is 0 Å². The molecule has 15 nitrogen and oxygen atoms in total. The Morgan fingerprint density at radius 1 is 0.171 bits per heavy atom. The molecular formula is C102H161N15. The summed E-state index contributed by atoms with van der Waals surface area (Å²) >= 11 is 0. The number of pyridine rings is 6. The summed E-state index contributed by atoms with van der Waals surface area (Å²) in [6, 6.07) is 42.1. The molecule has 13 rings (SSSR count). The molecule has 0 aliphatic carbocycles. The second-order valence-electron chi connectivity index (χ2n) is 23.9. The number of benzene rings is 3. The number of hydrogen-bond acceptors (Lipinski definition) is 15. The van der Waals surface area contributed by atoms with Gasteiger partial charge >= 0.3 is 0 Å². The van der Waals surface area contributed by atoms with Crippen molar-refractivity contribution in [2.75, 3.05) is 0 Å². The predicted octanol–water partition coefficient (Wildman–Crippen LogP) is 29.1. The second kappa shape index (κ2) is 83.3. The highest BCUT2D eigenvalue weighted by Crippen LogP contribution is 2.24. The Morgan fingerprint density at radius 2 is 0.479 bits per heavy atom. The Balaban J connectivity index is -0.000000183. The molecule has 0 atom stereocenters. The molecule has 0 amide bonds. The number of nitrogens with zero attached hydrogens (tertiary/aromatic N) is 15. The summed E-state index contributed by atoms with van der Waals surface area (Å²) in [5, 5.41) is 12.9. The third-order valence-corrected chi connectivity index (χ3v) is 13.3. The van der Waals surface area contributed by atoms with Crippen LogP contribution in [0.4, 0.5) is 0 Å². The Labute approximate surface area is 715 Å². The summed E-state index contributed by atoms with van der Waals surface area (Å²) in [6.07, 6.45) is 21.8. The molecule has 0 radical (unpaired) electrons. The van der Waals surface area contributed by atoms with E-state index in [4.69, 9.17) is 0 Å². The van der Waals surface area contributed by atoms with Gasteiger partial charge in [0.2, 0.25) is 0 Å². The first kappa shape index (κ1) is 122. The average molecular weight is 1600 g/mol. The van der Waals surface area contributed by atoms with Crippen LogP contribution in [-0.2, 0) is 0 Å². The molecule has 644 valence electrons. The lowest BCUT2D eigenvalue weighted by molar-refractivity contribution is 0.848. The van der Waals surface area contributed by atoms with Crippen molar-refractivity contribution in [3.05, 3.63) is 326 Å². The van der Waals surface area contributed by atoms with E-state index >= 15 is 0 Å². The minimum Gasteiger partial charge on any atom is -0.264 e. The van der Waals surface area contributed by atoms with Gasteiger partial charge in [-0.2, -0.15) is 5.10 Å². The number of rotatable bonds is 0. The lowest BCUT2D eigenvalue weighted by Gasteiger charge is -2.04. The van der Waals surface area contributed by atoms with Crippen molar-refractivity contribution in [2.45, 2.75) is 298 Å². The molecule has 10 heterocycles. The second-order valence-corrected chi connectivity index (χ2v) is 23.9. The van der Waals surface area contributed by atoms with Crippen LogP contribution in [0.3, 0.4) is 0 Å². The van der Waals surface area contributed by atoms with Gasteiger partial charge in [0.1, 0.15) is 17.5 Å². The SMILES string of the molecule is CC.CC.CC.CC.CC.CC.CC.CC.CC.CC.Cc1ccc(C)nc1.Cc1ccc(C)nc1.Cc1ccc2cc3cc(C)ccc3cc2c1.Cc1cccc(C)n1.Cc1ccnc(C)c1.Cc1ccnc(C)c1.Cc1cnc(C)cn1.Cc1cnc(C)nc1.Cc1cnc(C)nc1.Cc1cncc(C)c1.Cc1nnc(C)c(C)n1. The van der Waals surface area contributed by atoms with E-state index in [1.165, 1.54) is 66.1 Å². The lowest BCUT2D eigenvalue weighted by Crippen LogP contribution is -1.97. The van der Waals surface area contributed by atoms with E-state index in [0.717, 1.165) is 85.5 Å². The van der Waals surface area contributed by atoms with E-state index in [0.29, 0.717) is 0 Å². The van der Waals surface area contributed by atoms with E-state index in [1.54, 1.807) is 12.4 Å². The Kier molecular flexibility index (Phi) is 86.8. The van der Waals surface area contributed by atoms with Gasteiger partial charge in [0.15, 0.2) is 0 Å². The van der Waals surface area contributed by atoms with Crippen LogP contribution in [0.1, 0.15) is 269 Å². The van der Waals surface area contributed by atoms with Gasteiger partial charge in [-0.15, -0.1) is 5.10 Å². The predicted molar refractivity (Wildman–Crippen MR) is 515 cm³/mol. The maximum Gasteiger partial charge on any atom is 0.148 e. The fourth-order valence-corrected chi connectivity index (χ4v) is 8.02. The van der Waals surface area contributed by atoms with E-state index < -0.39 is 0 Å². The summed E-state index contributed by atoms with van der Waals surface area (Å²) in [7, 11) is 0. The van der Waals surface area contributed by atoms with E-state index in [-0.39, 0.29) is 0 Å². The zero-order chi connectivity index (χ0) is 91.8. The highest BCUT2D eigenvalue weighted by atomic mass is 15.2. The van der Waals surface area contributed by atoms with Crippen molar-refractivity contribution in [3.8, 4) is 0 Å². The van der Waals surface area contributed by atoms with Crippen LogP contribution in [0, 0.1) is 159 Å². The van der Waals surface area contributed by atoms with Gasteiger partial charge in [-0.1, -0.05) is 210 Å². The minimum atomic E-state index is 0.734. The van der Waals surface area contributed by atoms with Gasteiger partial charge in [0, 0.05) is 109 Å². The van der Waals surface area contributed by atoms with Crippen LogP contribution >= 0.6 is 0 Å². The maximum atomic E-state index is 4.17. The number of hydrogen-bond donors (Lipinski definition) is 0. The largest absolute Gasteiger partial charge is 0.264 e. The number of fused-ring (bicyclic) bond motifs is 2. The van der Waals surface area contributed by atoms with Gasteiger partial charge in [0.05, 0.1) is 22.8 Å². The molecule has 13 aromatic rings. The summed E-state index contributed by atoms with van der Waals surface area (Å²) in [4.78, 5) is 52.4. The first-order valence-corrected chi connectivity index (χ1v) is 42.2. The molecule has 0 unspecified atom stereocenters. The molecular weight excluding hydrogens is 1440 g/mol. The van der Waals surface area contributed by atoms with Crippen LogP contribution in [0.5, 0.6) is 0 Å². The average Bonchev–Trinajstić information content (AvgIpc) is 0.796. The summed E-state index contributed by atoms with van der Waals surface area (Å²) < 4.78 is 0. The summed E-state index contributed by atoms with van der Waals surface area (Å²) in [6.45, 7) is 85.7. The first-order chi connectivity index (χ1) is 56.0. The molecule has 15 heteroatoms. The van der Waals surface area contributed by atoms with Crippen molar-refractivity contribution in [1.82, 2.24) is 75.0 Å². The van der Waals surface area contributed by atoms with E-state index in [9.17, 15) is 0 Å². The molecule has 0 aliphatic heterocycles. The standard InChI is InChI=1S/C16H14.6C7H9N.C6H9N3.3C6H8N2.10C2H6/c1-11-3-5-13-10-16-8-12(2)4-6-14(16)9-15(13)7-11;1-6-3-7(2)5-8-4-6;2*1-6-3-4-8-7(2)5-6;2*1-6-3-4-7(2)8-5-6;1-6-4-3-5-7(2)8-6;1-4-5(2)8-9-6(3)7-4;1-5-3-8-6(2)4-7-5;2*1-5-3-7-6(2)8-4-5;10*1-2/h3-10H,1-2H3;6*3-5H,1-2H3;1-3H3;3*3-4H,1-2H3;10*1-2H3. The monoisotopic (exact) mass is 1600 g/mol. The molecule has 0 saturated carbocycles. The molecule has 0 saturated heterocycles. The van der Waals surface area contributed by atoms with Crippen molar-refractivity contribution in [1.29, 1.82) is 0 Å². The third-order valence-electron chi connectivity index (χ3n) is 13.3. The smallest absolute Gasteiger partial charge is 0.148 e. The van der Waals surface area contributed by atoms with Crippen molar-refractivity contribution in [2.24, 2.45) is 0 Å². The van der Waals surface area contributed by atoms with E-state index in [1.807, 2.05) is 374 Å². The molecule has 10 aromatic heterocycles. The molecule has 0 N–H and O–H groups in total. The topological polar surface area (TPSA) is 193 Å². The normalized spacial score (nSPS) is 8.47. The fourth-order valence-electron chi connectivity index (χ4n) is 8.02. The minimum absolute atomic E-state index is 0.734. The van der Waals surface area contributed by atoms with Gasteiger partial charge in [-0.25, -0.2) is 24.9 Å². The first-order valence-electron chi connectivity index (χ1n) is 42.2. The highest BCUT2D eigenvalue weighted by molar-refractivity contribution is 5.98. The Bertz CT molecular complexity index is 3690. The molecule has 3 aromatic carbocycles. The molecule has 0 aliphatic rings. The van der Waals surface area contributed by atoms with Gasteiger partial charge in [-0.05, 0) is 286 Å². The van der Waals surface area contributed by atoms with Crippen LogP contribution in [0.2, 0.25) is 0 Å². The van der Waals surface area contributed by atoms with Gasteiger partial charge in [-0.3, -0.25) is 39.9 Å². The Hall–Kier alpha value is -10.7. The number of aryl methyl sites for hydroxylation is 23. The molecule has 0 spiro atoms. The molecule has 0 fully saturated rings. The fraction of sp³-hybridized carbons (Fsp3) is 0.422. The van der Waals surface area contributed by atoms with Crippen molar-refractivity contribution < 1.29 is 0 Å². The van der Waals surface area contributed by atoms with E-state index in [2.05, 4.69) is 182 Å². The zero-order valence-electron chi connectivity index (χ0n) is 81.7. The highest BCUT2D eigenvalue weighted by Gasteiger charge is 2.00. The molecule has 0 bridgehead atoms. The van der Waals surface area contributed by atoms with Gasteiger partial charge < -0.3 is 0 Å². The summed E-state index contributed by atoms with van der Waals surface area (Å²) in [5.41, 5.74) is 22.6.